The second-order valence-electron chi connectivity index (χ2n) is 4.91. The highest BCUT2D eigenvalue weighted by molar-refractivity contribution is 7.19. The van der Waals surface area contributed by atoms with Gasteiger partial charge in [-0.15, -0.1) is 22.9 Å². The summed E-state index contributed by atoms with van der Waals surface area (Å²) < 4.78 is 0. The average molecular weight is 319 g/mol. The van der Waals surface area contributed by atoms with E-state index in [1.165, 1.54) is 16.9 Å². The molecule has 0 fully saturated rings. The van der Waals surface area contributed by atoms with Gasteiger partial charge in [-0.2, -0.15) is 0 Å². The molecule has 21 heavy (non-hydrogen) atoms. The SMILES string of the molecule is CCc1ccc(-c2c(C)sc3nc(CCl)[nH]c(=O)c23)cc1. The van der Waals surface area contributed by atoms with Crippen molar-refractivity contribution >= 4 is 33.2 Å². The molecule has 2 heterocycles. The molecule has 0 bridgehead atoms. The number of aryl methyl sites for hydroxylation is 2. The van der Waals surface area contributed by atoms with Gasteiger partial charge < -0.3 is 4.98 Å². The van der Waals surface area contributed by atoms with Crippen LogP contribution in [0.3, 0.4) is 0 Å². The Morgan fingerprint density at radius 1 is 1.29 bits per heavy atom. The number of hydrogen-bond donors (Lipinski definition) is 1. The van der Waals surface area contributed by atoms with E-state index in [0.29, 0.717) is 11.2 Å². The maximum atomic E-state index is 12.3. The molecule has 0 amide bonds. The Morgan fingerprint density at radius 2 is 2.00 bits per heavy atom. The first-order valence-electron chi connectivity index (χ1n) is 6.81. The number of aromatic amines is 1. The second kappa shape index (κ2) is 5.62. The summed E-state index contributed by atoms with van der Waals surface area (Å²) in [6.45, 7) is 4.15. The summed E-state index contributed by atoms with van der Waals surface area (Å²) in [5.74, 6) is 0.728. The maximum absolute atomic E-state index is 12.3. The molecular formula is C16H15ClN2OS. The first kappa shape index (κ1) is 14.3. The Bertz CT molecular complexity index is 849. The lowest BCUT2D eigenvalue weighted by molar-refractivity contribution is 1.04. The number of hydrogen-bond acceptors (Lipinski definition) is 3. The third-order valence-electron chi connectivity index (χ3n) is 3.56. The normalized spacial score (nSPS) is 11.2. The van der Waals surface area contributed by atoms with Crippen molar-refractivity contribution in [3.8, 4) is 11.1 Å². The average Bonchev–Trinajstić information content (AvgIpc) is 2.83. The van der Waals surface area contributed by atoms with E-state index in [1.54, 1.807) is 0 Å². The lowest BCUT2D eigenvalue weighted by Gasteiger charge is -2.03. The number of nitrogens with one attached hydrogen (secondary N) is 1. The van der Waals surface area contributed by atoms with E-state index in [1.807, 2.05) is 6.92 Å². The summed E-state index contributed by atoms with van der Waals surface area (Å²) in [5, 5.41) is 0.663. The smallest absolute Gasteiger partial charge is 0.260 e. The van der Waals surface area contributed by atoms with Crippen LogP contribution in [0.1, 0.15) is 23.2 Å². The quantitative estimate of drug-likeness (QED) is 0.733. The van der Waals surface area contributed by atoms with Gasteiger partial charge in [0.2, 0.25) is 0 Å². The molecule has 3 aromatic rings. The number of alkyl halides is 1. The third-order valence-corrected chi connectivity index (χ3v) is 4.82. The van der Waals surface area contributed by atoms with Crippen LogP contribution < -0.4 is 5.56 Å². The zero-order chi connectivity index (χ0) is 15.0. The lowest BCUT2D eigenvalue weighted by Crippen LogP contribution is -2.10. The zero-order valence-electron chi connectivity index (χ0n) is 11.9. The fourth-order valence-corrected chi connectivity index (χ4v) is 3.67. The van der Waals surface area contributed by atoms with E-state index in [-0.39, 0.29) is 11.4 Å². The van der Waals surface area contributed by atoms with E-state index < -0.39 is 0 Å². The van der Waals surface area contributed by atoms with Gasteiger partial charge in [-0.1, -0.05) is 31.2 Å². The van der Waals surface area contributed by atoms with Crippen LogP contribution in [0.5, 0.6) is 0 Å². The van der Waals surface area contributed by atoms with Gasteiger partial charge in [-0.25, -0.2) is 4.98 Å². The first-order chi connectivity index (χ1) is 10.1. The molecule has 0 atom stereocenters. The van der Waals surface area contributed by atoms with Gasteiger partial charge in [0.05, 0.1) is 11.3 Å². The predicted molar refractivity (Wildman–Crippen MR) is 89.3 cm³/mol. The van der Waals surface area contributed by atoms with Gasteiger partial charge in [0.15, 0.2) is 0 Å². The molecule has 2 aromatic heterocycles. The van der Waals surface area contributed by atoms with Crippen LogP contribution >= 0.6 is 22.9 Å². The summed E-state index contributed by atoms with van der Waals surface area (Å²) in [4.78, 5) is 21.4. The van der Waals surface area contributed by atoms with Gasteiger partial charge in [-0.3, -0.25) is 4.79 Å². The molecule has 0 saturated carbocycles. The van der Waals surface area contributed by atoms with Gasteiger partial charge in [0.25, 0.3) is 5.56 Å². The molecule has 1 N–H and O–H groups in total. The number of benzene rings is 1. The van der Waals surface area contributed by atoms with Crippen molar-refractivity contribution in [1.29, 1.82) is 0 Å². The highest BCUT2D eigenvalue weighted by Crippen LogP contribution is 2.35. The molecule has 3 rings (SSSR count). The molecule has 0 radical (unpaired) electrons. The highest BCUT2D eigenvalue weighted by Gasteiger charge is 2.16. The summed E-state index contributed by atoms with van der Waals surface area (Å²) >= 11 is 7.31. The van der Waals surface area contributed by atoms with Gasteiger partial charge in [0, 0.05) is 10.4 Å². The van der Waals surface area contributed by atoms with Crippen molar-refractivity contribution in [2.75, 3.05) is 0 Å². The highest BCUT2D eigenvalue weighted by atomic mass is 35.5. The van der Waals surface area contributed by atoms with Crippen LogP contribution in [0.15, 0.2) is 29.1 Å². The van der Waals surface area contributed by atoms with Gasteiger partial charge >= 0.3 is 0 Å². The molecule has 0 aliphatic rings. The minimum absolute atomic E-state index is 0.116. The molecular weight excluding hydrogens is 304 g/mol. The number of H-pyrrole nitrogens is 1. The molecule has 0 spiro atoms. The van der Waals surface area contributed by atoms with E-state index in [9.17, 15) is 4.79 Å². The molecule has 0 saturated heterocycles. The van der Waals surface area contributed by atoms with Crippen LogP contribution in [0.25, 0.3) is 21.3 Å². The number of nitrogens with zero attached hydrogens (tertiary/aromatic N) is 1. The van der Waals surface area contributed by atoms with Crippen molar-refractivity contribution in [2.45, 2.75) is 26.1 Å². The van der Waals surface area contributed by atoms with E-state index >= 15 is 0 Å². The van der Waals surface area contributed by atoms with Crippen molar-refractivity contribution in [3.63, 3.8) is 0 Å². The topological polar surface area (TPSA) is 45.8 Å². The van der Waals surface area contributed by atoms with Crippen LogP contribution in [0, 0.1) is 6.92 Å². The fraction of sp³-hybridized carbons (Fsp3) is 0.250. The van der Waals surface area contributed by atoms with Crippen LogP contribution in [-0.4, -0.2) is 9.97 Å². The Kier molecular flexibility index (Phi) is 3.83. The Balaban J connectivity index is 2.26. The van der Waals surface area contributed by atoms with E-state index in [4.69, 9.17) is 11.6 Å². The van der Waals surface area contributed by atoms with Gasteiger partial charge in [-0.05, 0) is 24.5 Å². The first-order valence-corrected chi connectivity index (χ1v) is 8.16. The molecule has 0 aliphatic heterocycles. The van der Waals surface area contributed by atoms with Gasteiger partial charge in [0.1, 0.15) is 10.7 Å². The van der Waals surface area contributed by atoms with E-state index in [2.05, 4.69) is 41.2 Å². The fourth-order valence-electron chi connectivity index (χ4n) is 2.48. The molecule has 0 unspecified atom stereocenters. The maximum Gasteiger partial charge on any atom is 0.260 e. The number of fused-ring (bicyclic) bond motifs is 1. The molecule has 5 heteroatoms. The van der Waals surface area contributed by atoms with E-state index in [0.717, 1.165) is 27.3 Å². The third kappa shape index (κ3) is 2.49. The van der Waals surface area contributed by atoms with Crippen molar-refractivity contribution < 1.29 is 0 Å². The predicted octanol–water partition coefficient (Wildman–Crippen LogP) is 4.26. The standard InChI is InChI=1S/C16H15ClN2OS/c1-3-10-4-6-11(7-5-10)13-9(2)21-16-14(13)15(20)18-12(8-17)19-16/h4-7H,3,8H2,1-2H3,(H,18,19,20). The van der Waals surface area contributed by atoms with Crippen molar-refractivity contribution in [3.05, 3.63) is 50.9 Å². The number of thiophene rings is 1. The summed E-state index contributed by atoms with van der Waals surface area (Å²) in [7, 11) is 0. The monoisotopic (exact) mass is 318 g/mol. The summed E-state index contributed by atoms with van der Waals surface area (Å²) in [6, 6.07) is 8.35. The van der Waals surface area contributed by atoms with Crippen LogP contribution in [0.2, 0.25) is 0 Å². The van der Waals surface area contributed by atoms with Crippen LogP contribution in [-0.2, 0) is 12.3 Å². The summed E-state index contributed by atoms with van der Waals surface area (Å²) in [5.41, 5.74) is 3.20. The number of rotatable bonds is 3. The van der Waals surface area contributed by atoms with Crippen molar-refractivity contribution in [2.24, 2.45) is 0 Å². The number of aromatic nitrogens is 2. The minimum Gasteiger partial charge on any atom is -0.309 e. The zero-order valence-corrected chi connectivity index (χ0v) is 13.4. The molecule has 3 nitrogen and oxygen atoms in total. The number of halogens is 1. The Labute approximate surface area is 131 Å². The second-order valence-corrected chi connectivity index (χ2v) is 6.38. The molecule has 108 valence electrons. The summed E-state index contributed by atoms with van der Waals surface area (Å²) in [6.07, 6.45) is 1.00. The lowest BCUT2D eigenvalue weighted by atomic mass is 10.0. The Morgan fingerprint density at radius 3 is 2.62 bits per heavy atom. The molecule has 1 aromatic carbocycles. The minimum atomic E-state index is -0.116. The largest absolute Gasteiger partial charge is 0.309 e. The Hall–Kier alpha value is -1.65. The van der Waals surface area contributed by atoms with Crippen LogP contribution in [0.4, 0.5) is 0 Å². The van der Waals surface area contributed by atoms with Crippen molar-refractivity contribution in [1.82, 2.24) is 9.97 Å². The molecule has 0 aliphatic carbocycles.